The minimum atomic E-state index is -2.29. The van der Waals surface area contributed by atoms with Crippen LogP contribution in [0, 0.1) is 0 Å². The highest BCUT2D eigenvalue weighted by molar-refractivity contribution is 6.28. The predicted molar refractivity (Wildman–Crippen MR) is 130 cm³/mol. The lowest BCUT2D eigenvalue weighted by molar-refractivity contribution is -0.310. The van der Waals surface area contributed by atoms with Gasteiger partial charge in [-0.25, -0.2) is 14.8 Å². The Morgan fingerprint density at radius 1 is 0.892 bits per heavy atom. The molecule has 0 saturated carbocycles. The van der Waals surface area contributed by atoms with Crippen LogP contribution in [0.3, 0.4) is 0 Å². The Morgan fingerprint density at radius 2 is 1.38 bits per heavy atom. The van der Waals surface area contributed by atoms with Crippen molar-refractivity contribution in [1.29, 1.82) is 0 Å². The molecule has 0 radical (unpaired) electrons. The Kier molecular flexibility index (Phi) is 7.44. The molecule has 2 amide bonds. The van der Waals surface area contributed by atoms with Gasteiger partial charge in [-0.1, -0.05) is 48.0 Å². The molecule has 11 heteroatoms. The monoisotopic (exact) mass is 512 g/mol. The number of allylic oxidation sites excluding steroid dienone is 1. The molecule has 0 spiro atoms. The quantitative estimate of drug-likeness (QED) is 0.314. The molecular formula is C26H28N2O9. The molecule has 2 aliphatic rings. The van der Waals surface area contributed by atoms with Gasteiger partial charge in [-0.3, -0.25) is 9.59 Å². The van der Waals surface area contributed by atoms with E-state index in [0.29, 0.717) is 11.4 Å². The van der Waals surface area contributed by atoms with Gasteiger partial charge in [-0.15, -0.1) is 0 Å². The number of amides is 2. The molecule has 2 saturated heterocycles. The number of anilines is 2. The van der Waals surface area contributed by atoms with Gasteiger partial charge in [0.2, 0.25) is 5.60 Å². The Morgan fingerprint density at radius 3 is 1.81 bits per heavy atom. The zero-order valence-corrected chi connectivity index (χ0v) is 20.2. The number of rotatable bonds is 7. The number of ether oxygens (including phenoxy) is 2. The van der Waals surface area contributed by atoms with E-state index in [9.17, 15) is 34.8 Å². The highest BCUT2D eigenvalue weighted by Crippen LogP contribution is 2.40. The third-order valence-electron chi connectivity index (χ3n) is 6.21. The maximum atomic E-state index is 14.1. The first kappa shape index (κ1) is 26.5. The minimum Gasteiger partial charge on any atom is -0.479 e. The van der Waals surface area contributed by atoms with Crippen molar-refractivity contribution < 1.29 is 44.3 Å². The van der Waals surface area contributed by atoms with Gasteiger partial charge in [0.1, 0.15) is 18.3 Å². The Labute approximate surface area is 212 Å². The van der Waals surface area contributed by atoms with E-state index in [1.54, 1.807) is 80.6 Å². The SMILES string of the molecule is CC(C)=CCC1(O[C@@H]2O[C@H](C(=O)O)[C@@H](O)[C@H](O)[C@H]2O)C(=O)N(c2ccccc2)N(c2ccccc2)C1=O. The molecule has 4 N–H and O–H groups in total. The molecule has 0 unspecified atom stereocenters. The van der Waals surface area contributed by atoms with Crippen molar-refractivity contribution in [2.24, 2.45) is 0 Å². The molecule has 2 heterocycles. The van der Waals surface area contributed by atoms with Crippen LogP contribution in [-0.4, -0.2) is 74.5 Å². The summed E-state index contributed by atoms with van der Waals surface area (Å²) in [6.45, 7) is 3.52. The van der Waals surface area contributed by atoms with Crippen molar-refractivity contribution in [3.05, 3.63) is 72.3 Å². The van der Waals surface area contributed by atoms with Gasteiger partial charge in [-0.05, 0) is 38.1 Å². The van der Waals surface area contributed by atoms with Crippen LogP contribution in [0.4, 0.5) is 11.4 Å². The number of carbonyl (C=O) groups is 3. The Balaban J connectivity index is 1.84. The van der Waals surface area contributed by atoms with Gasteiger partial charge in [-0.2, -0.15) is 0 Å². The van der Waals surface area contributed by atoms with Gasteiger partial charge in [0.05, 0.1) is 11.4 Å². The number of aliphatic hydroxyl groups is 3. The first-order valence-electron chi connectivity index (χ1n) is 11.6. The summed E-state index contributed by atoms with van der Waals surface area (Å²) >= 11 is 0. The zero-order valence-electron chi connectivity index (χ0n) is 20.2. The molecule has 2 aliphatic heterocycles. The number of hydrogen-bond donors (Lipinski definition) is 4. The molecule has 5 atom stereocenters. The molecule has 2 fully saturated rings. The predicted octanol–water partition coefficient (Wildman–Crippen LogP) is 0.985. The fraction of sp³-hybridized carbons (Fsp3) is 0.346. The third kappa shape index (κ3) is 4.75. The zero-order chi connectivity index (χ0) is 26.9. The van der Waals surface area contributed by atoms with E-state index >= 15 is 0 Å². The van der Waals surface area contributed by atoms with Crippen molar-refractivity contribution in [2.45, 2.75) is 56.6 Å². The second kappa shape index (κ2) is 10.4. The number of benzene rings is 2. The number of hydrogen-bond acceptors (Lipinski definition) is 8. The first-order valence-corrected chi connectivity index (χ1v) is 11.6. The van der Waals surface area contributed by atoms with Gasteiger partial charge in [0, 0.05) is 6.42 Å². The molecule has 0 bridgehead atoms. The Hall–Kier alpha value is -3.61. The van der Waals surface area contributed by atoms with Crippen LogP contribution in [0.15, 0.2) is 72.3 Å². The second-order valence-corrected chi connectivity index (χ2v) is 9.07. The molecular weight excluding hydrogens is 484 g/mol. The van der Waals surface area contributed by atoms with Crippen molar-refractivity contribution in [2.75, 3.05) is 10.0 Å². The van der Waals surface area contributed by atoms with Crippen LogP contribution in [0.25, 0.3) is 0 Å². The number of carboxylic acid groups (broad SMARTS) is 1. The molecule has 0 aliphatic carbocycles. The van der Waals surface area contributed by atoms with E-state index in [4.69, 9.17) is 9.47 Å². The summed E-state index contributed by atoms with van der Waals surface area (Å²) in [5, 5.41) is 42.6. The van der Waals surface area contributed by atoms with Crippen LogP contribution in [-0.2, 0) is 23.9 Å². The lowest BCUT2D eigenvalue weighted by atomic mass is 9.95. The van der Waals surface area contributed by atoms with Crippen molar-refractivity contribution >= 4 is 29.2 Å². The molecule has 4 rings (SSSR count). The summed E-state index contributed by atoms with van der Waals surface area (Å²) in [6.07, 6.45) is -8.45. The highest BCUT2D eigenvalue weighted by Gasteiger charge is 2.63. The molecule has 2 aromatic carbocycles. The number of hydrazine groups is 1. The summed E-state index contributed by atoms with van der Waals surface area (Å²) in [6, 6.07) is 16.8. The van der Waals surface area contributed by atoms with E-state index in [2.05, 4.69) is 0 Å². The van der Waals surface area contributed by atoms with E-state index in [1.807, 2.05) is 0 Å². The van der Waals surface area contributed by atoms with Crippen LogP contribution in [0.2, 0.25) is 0 Å². The van der Waals surface area contributed by atoms with Crippen LogP contribution >= 0.6 is 0 Å². The maximum absolute atomic E-state index is 14.1. The molecule has 37 heavy (non-hydrogen) atoms. The number of carbonyl (C=O) groups excluding carboxylic acids is 2. The van der Waals surface area contributed by atoms with Crippen LogP contribution in [0.1, 0.15) is 20.3 Å². The average Bonchev–Trinajstić information content (AvgIpc) is 3.10. The lowest BCUT2D eigenvalue weighted by Gasteiger charge is -2.40. The van der Waals surface area contributed by atoms with E-state index in [-0.39, 0.29) is 6.42 Å². The number of nitrogens with zero attached hydrogens (tertiary/aromatic N) is 2. The van der Waals surface area contributed by atoms with E-state index in [1.165, 1.54) is 0 Å². The fourth-order valence-corrected chi connectivity index (χ4v) is 4.24. The van der Waals surface area contributed by atoms with Gasteiger partial charge in [0.25, 0.3) is 11.8 Å². The summed E-state index contributed by atoms with van der Waals surface area (Å²) in [7, 11) is 0. The minimum absolute atomic E-state index is 0.275. The average molecular weight is 513 g/mol. The highest BCUT2D eigenvalue weighted by atomic mass is 16.7. The van der Waals surface area contributed by atoms with Crippen LogP contribution in [0.5, 0.6) is 0 Å². The number of carboxylic acids is 1. The summed E-state index contributed by atoms with van der Waals surface area (Å²) in [4.78, 5) is 39.8. The second-order valence-electron chi connectivity index (χ2n) is 9.07. The maximum Gasteiger partial charge on any atom is 0.335 e. The number of para-hydroxylation sites is 2. The summed E-state index contributed by atoms with van der Waals surface area (Å²) in [5.41, 5.74) is -0.815. The summed E-state index contributed by atoms with van der Waals surface area (Å²) in [5.74, 6) is -3.24. The Bertz CT molecular complexity index is 1130. The van der Waals surface area contributed by atoms with Crippen molar-refractivity contribution in [3.63, 3.8) is 0 Å². The van der Waals surface area contributed by atoms with Gasteiger partial charge < -0.3 is 29.9 Å². The normalized spacial score (nSPS) is 27.3. The van der Waals surface area contributed by atoms with Gasteiger partial charge in [0.15, 0.2) is 12.4 Å². The van der Waals surface area contributed by atoms with E-state index < -0.39 is 54.1 Å². The van der Waals surface area contributed by atoms with Crippen molar-refractivity contribution in [3.8, 4) is 0 Å². The molecule has 11 nitrogen and oxygen atoms in total. The number of aliphatic carboxylic acids is 1. The standard InChI is InChI=1S/C26H28N2O9/c1-15(2)13-14-26(37-23-20(31)18(29)19(30)21(36-23)22(32)33)24(34)27(16-9-5-3-6-10-16)28(25(26)35)17-11-7-4-8-12-17/h3-13,18-21,23,29-31H,14H2,1-2H3,(H,32,33)/t18-,19-,20+,21-,23-/m0/s1. The van der Waals surface area contributed by atoms with E-state index in [0.717, 1.165) is 15.6 Å². The number of aliphatic hydroxyl groups excluding tert-OH is 3. The van der Waals surface area contributed by atoms with Gasteiger partial charge >= 0.3 is 5.97 Å². The molecule has 2 aromatic rings. The third-order valence-corrected chi connectivity index (χ3v) is 6.21. The largest absolute Gasteiger partial charge is 0.479 e. The molecule has 0 aromatic heterocycles. The topological polar surface area (TPSA) is 157 Å². The molecule has 196 valence electrons. The lowest BCUT2D eigenvalue weighted by Crippen LogP contribution is -2.63. The first-order chi connectivity index (χ1) is 17.6. The summed E-state index contributed by atoms with van der Waals surface area (Å²) < 4.78 is 11.2. The fourth-order valence-electron chi connectivity index (χ4n) is 4.24. The van der Waals surface area contributed by atoms with Crippen LogP contribution < -0.4 is 10.0 Å². The van der Waals surface area contributed by atoms with Crippen molar-refractivity contribution in [1.82, 2.24) is 0 Å². The smallest absolute Gasteiger partial charge is 0.335 e.